The molecule has 3 rings (SSSR count). The molecule has 0 atom stereocenters. The number of halogens is 1. The van der Waals surface area contributed by atoms with Crippen LogP contribution in [0.25, 0.3) is 0 Å². The zero-order chi connectivity index (χ0) is 20.5. The number of carbonyl (C=O) groups excluding carboxylic acids is 1. The number of guanidine groups is 1. The number of nitrogens with one attached hydrogen (secondary N) is 2. The first-order valence-corrected chi connectivity index (χ1v) is 10.1. The van der Waals surface area contributed by atoms with Crippen LogP contribution in [0, 0.1) is 0 Å². The second kappa shape index (κ2) is 12.5. The molecule has 0 spiro atoms. The number of methoxy groups -OCH3 is 1. The standard InChI is InChI=1S/C23H30N4O2.HI/c1-24-23(25-16-18-8-10-20(11-9-18)22(28)29-2)26-21-12-14-27(15-13-21)17-19-6-4-3-5-7-19;/h3-11,21H,12-17H2,1-2H3,(H2,24,25,26);1H. The molecule has 0 saturated carbocycles. The summed E-state index contributed by atoms with van der Waals surface area (Å²) >= 11 is 0. The number of carbonyl (C=O) groups is 1. The second-order valence-corrected chi connectivity index (χ2v) is 7.29. The van der Waals surface area contributed by atoms with Crippen molar-refractivity contribution in [3.05, 3.63) is 71.3 Å². The van der Waals surface area contributed by atoms with E-state index in [4.69, 9.17) is 4.74 Å². The van der Waals surface area contributed by atoms with E-state index >= 15 is 0 Å². The molecule has 0 amide bonds. The van der Waals surface area contributed by atoms with Crippen molar-refractivity contribution in [2.75, 3.05) is 27.2 Å². The first-order valence-electron chi connectivity index (χ1n) is 10.1. The van der Waals surface area contributed by atoms with Gasteiger partial charge in [-0.05, 0) is 36.1 Å². The van der Waals surface area contributed by atoms with Crippen molar-refractivity contribution in [3.63, 3.8) is 0 Å². The van der Waals surface area contributed by atoms with E-state index in [2.05, 4.69) is 50.9 Å². The summed E-state index contributed by atoms with van der Waals surface area (Å²) in [7, 11) is 3.18. The molecule has 1 fully saturated rings. The van der Waals surface area contributed by atoms with Crippen LogP contribution >= 0.6 is 24.0 Å². The molecule has 2 aromatic carbocycles. The summed E-state index contributed by atoms with van der Waals surface area (Å²) in [5.74, 6) is 0.490. The Labute approximate surface area is 196 Å². The van der Waals surface area contributed by atoms with E-state index < -0.39 is 0 Å². The first kappa shape index (κ1) is 24.1. The van der Waals surface area contributed by atoms with Gasteiger partial charge in [0.25, 0.3) is 0 Å². The van der Waals surface area contributed by atoms with E-state index in [-0.39, 0.29) is 29.9 Å². The van der Waals surface area contributed by atoms with E-state index in [0.717, 1.165) is 44.0 Å². The molecule has 0 aromatic heterocycles. The minimum atomic E-state index is -0.319. The average Bonchev–Trinajstić information content (AvgIpc) is 2.78. The summed E-state index contributed by atoms with van der Waals surface area (Å²) in [6.07, 6.45) is 2.20. The zero-order valence-electron chi connectivity index (χ0n) is 17.6. The third kappa shape index (κ3) is 7.28. The highest BCUT2D eigenvalue weighted by Gasteiger charge is 2.20. The number of benzene rings is 2. The maximum atomic E-state index is 11.5. The number of piperidine rings is 1. The minimum absolute atomic E-state index is 0. The van der Waals surface area contributed by atoms with Gasteiger partial charge in [-0.15, -0.1) is 24.0 Å². The maximum Gasteiger partial charge on any atom is 0.337 e. The van der Waals surface area contributed by atoms with Crippen molar-refractivity contribution in [2.45, 2.75) is 32.0 Å². The van der Waals surface area contributed by atoms with Crippen molar-refractivity contribution in [3.8, 4) is 0 Å². The van der Waals surface area contributed by atoms with Crippen molar-refractivity contribution < 1.29 is 9.53 Å². The fourth-order valence-corrected chi connectivity index (χ4v) is 3.53. The summed E-state index contributed by atoms with van der Waals surface area (Å²) in [6, 6.07) is 18.5. The molecule has 0 bridgehead atoms. The highest BCUT2D eigenvalue weighted by atomic mass is 127. The zero-order valence-corrected chi connectivity index (χ0v) is 20.0. The lowest BCUT2D eigenvalue weighted by Gasteiger charge is -2.33. The van der Waals surface area contributed by atoms with Gasteiger partial charge in [0.2, 0.25) is 0 Å². The molecule has 1 heterocycles. The van der Waals surface area contributed by atoms with Gasteiger partial charge in [0.05, 0.1) is 12.7 Å². The van der Waals surface area contributed by atoms with E-state index in [1.54, 1.807) is 19.2 Å². The summed E-state index contributed by atoms with van der Waals surface area (Å²) in [4.78, 5) is 18.4. The van der Waals surface area contributed by atoms with Gasteiger partial charge >= 0.3 is 5.97 Å². The van der Waals surface area contributed by atoms with E-state index in [1.165, 1.54) is 12.7 Å². The molecule has 1 aliphatic rings. The Morgan fingerprint density at radius 1 is 1.07 bits per heavy atom. The van der Waals surface area contributed by atoms with Crippen LogP contribution in [0.15, 0.2) is 59.6 Å². The number of aliphatic imine (C=N–C) groups is 1. The number of rotatable bonds is 6. The predicted molar refractivity (Wildman–Crippen MR) is 131 cm³/mol. The highest BCUT2D eigenvalue weighted by molar-refractivity contribution is 14.0. The van der Waals surface area contributed by atoms with Gasteiger partial charge in [-0.25, -0.2) is 4.79 Å². The second-order valence-electron chi connectivity index (χ2n) is 7.29. The summed E-state index contributed by atoms with van der Waals surface area (Å²) < 4.78 is 4.73. The van der Waals surface area contributed by atoms with Gasteiger partial charge in [-0.3, -0.25) is 9.89 Å². The normalized spacial score (nSPS) is 15.2. The number of esters is 1. The van der Waals surface area contributed by atoms with Crippen molar-refractivity contribution in [1.29, 1.82) is 0 Å². The number of ether oxygens (including phenoxy) is 1. The van der Waals surface area contributed by atoms with Crippen molar-refractivity contribution in [1.82, 2.24) is 15.5 Å². The van der Waals surface area contributed by atoms with Crippen LogP contribution in [0.2, 0.25) is 0 Å². The Morgan fingerprint density at radius 2 is 1.73 bits per heavy atom. The first-order chi connectivity index (χ1) is 14.2. The van der Waals surface area contributed by atoms with E-state index in [9.17, 15) is 4.79 Å². The van der Waals surface area contributed by atoms with Crippen LogP contribution in [0.4, 0.5) is 0 Å². The fraction of sp³-hybridized carbons (Fsp3) is 0.391. The van der Waals surface area contributed by atoms with Crippen LogP contribution in [-0.2, 0) is 17.8 Å². The lowest BCUT2D eigenvalue weighted by molar-refractivity contribution is 0.0600. The Balaban J connectivity index is 0.00000320. The fourth-order valence-electron chi connectivity index (χ4n) is 3.53. The number of hydrogen-bond donors (Lipinski definition) is 2. The third-order valence-electron chi connectivity index (χ3n) is 5.24. The number of nitrogens with zero attached hydrogens (tertiary/aromatic N) is 2. The monoisotopic (exact) mass is 522 g/mol. The molecule has 0 unspecified atom stereocenters. The number of likely N-dealkylation sites (tertiary alicyclic amines) is 1. The molecule has 30 heavy (non-hydrogen) atoms. The van der Waals surface area contributed by atoms with E-state index in [0.29, 0.717) is 18.2 Å². The Morgan fingerprint density at radius 3 is 2.33 bits per heavy atom. The molecule has 1 aliphatic heterocycles. The third-order valence-corrected chi connectivity index (χ3v) is 5.24. The Kier molecular flexibility index (Phi) is 10.1. The molecule has 1 saturated heterocycles. The van der Waals surface area contributed by atoms with Crippen molar-refractivity contribution in [2.24, 2.45) is 4.99 Å². The SMILES string of the molecule is CN=C(NCc1ccc(C(=O)OC)cc1)NC1CCN(Cc2ccccc2)CC1.I. The van der Waals surface area contributed by atoms with Gasteiger partial charge in [-0.2, -0.15) is 0 Å². The summed E-state index contributed by atoms with van der Waals surface area (Å²) in [5.41, 5.74) is 3.01. The van der Waals surface area contributed by atoms with Crippen LogP contribution < -0.4 is 10.6 Å². The van der Waals surface area contributed by atoms with Crippen LogP contribution in [0.3, 0.4) is 0 Å². The van der Waals surface area contributed by atoms with Gasteiger partial charge in [0.15, 0.2) is 5.96 Å². The molecular formula is C23H31IN4O2. The van der Waals surface area contributed by atoms with E-state index in [1.807, 2.05) is 12.1 Å². The molecule has 7 heteroatoms. The molecule has 2 N–H and O–H groups in total. The van der Waals surface area contributed by atoms with Crippen molar-refractivity contribution >= 4 is 35.9 Å². The lowest BCUT2D eigenvalue weighted by atomic mass is 10.0. The molecule has 162 valence electrons. The Hall–Kier alpha value is -2.13. The smallest absolute Gasteiger partial charge is 0.337 e. The molecule has 2 aromatic rings. The molecule has 0 aliphatic carbocycles. The van der Waals surface area contributed by atoms with Gasteiger partial charge in [0, 0.05) is 39.3 Å². The van der Waals surface area contributed by atoms with Crippen LogP contribution in [0.1, 0.15) is 34.3 Å². The largest absolute Gasteiger partial charge is 0.465 e. The quantitative estimate of drug-likeness (QED) is 0.264. The van der Waals surface area contributed by atoms with Gasteiger partial charge < -0.3 is 15.4 Å². The van der Waals surface area contributed by atoms with Gasteiger partial charge in [0.1, 0.15) is 0 Å². The minimum Gasteiger partial charge on any atom is -0.465 e. The molecule has 6 nitrogen and oxygen atoms in total. The predicted octanol–water partition coefficient (Wildman–Crippen LogP) is 3.42. The average molecular weight is 522 g/mol. The van der Waals surface area contributed by atoms with Crippen LogP contribution in [0.5, 0.6) is 0 Å². The van der Waals surface area contributed by atoms with Gasteiger partial charge in [-0.1, -0.05) is 42.5 Å². The molecular weight excluding hydrogens is 491 g/mol. The topological polar surface area (TPSA) is 66.0 Å². The lowest BCUT2D eigenvalue weighted by Crippen LogP contribution is -2.48. The Bertz CT molecular complexity index is 804. The summed E-state index contributed by atoms with van der Waals surface area (Å²) in [5, 5.41) is 6.89. The highest BCUT2D eigenvalue weighted by Crippen LogP contribution is 2.14. The molecule has 0 radical (unpaired) electrons. The van der Waals surface area contributed by atoms with Crippen LogP contribution in [-0.4, -0.2) is 50.1 Å². The summed E-state index contributed by atoms with van der Waals surface area (Å²) in [6.45, 7) is 3.83. The number of hydrogen-bond acceptors (Lipinski definition) is 4. The maximum absolute atomic E-state index is 11.5.